The van der Waals surface area contributed by atoms with Gasteiger partial charge in [0.1, 0.15) is 11.3 Å². The number of rotatable bonds is 5. The fraction of sp³-hybridized carbons (Fsp3) is 0.588. The lowest BCUT2D eigenvalue weighted by Gasteiger charge is -2.35. The van der Waals surface area contributed by atoms with Crippen LogP contribution in [0.15, 0.2) is 24.3 Å². The van der Waals surface area contributed by atoms with E-state index in [2.05, 4.69) is 5.32 Å². The van der Waals surface area contributed by atoms with Crippen LogP contribution in [0.1, 0.15) is 44.6 Å². The van der Waals surface area contributed by atoms with Gasteiger partial charge in [-0.25, -0.2) is 4.79 Å². The van der Waals surface area contributed by atoms with Gasteiger partial charge in [0.25, 0.3) is 0 Å². The maximum absolute atomic E-state index is 12.4. The highest BCUT2D eigenvalue weighted by Crippen LogP contribution is 2.33. The van der Waals surface area contributed by atoms with E-state index >= 15 is 0 Å². The number of carbonyl (C=O) groups excluding carboxylic acids is 1. The molecule has 116 valence electrons. The maximum atomic E-state index is 12.4. The van der Waals surface area contributed by atoms with Gasteiger partial charge in [0, 0.05) is 11.6 Å². The van der Waals surface area contributed by atoms with Crippen molar-refractivity contribution in [3.05, 3.63) is 29.8 Å². The van der Waals surface area contributed by atoms with Gasteiger partial charge in [-0.1, -0.05) is 37.5 Å². The standard InChI is InChI=1S/C17H25NO3/c1-17(16(19)21-3,18-13-9-5-4-6-10-13)14-11-7-8-12-15(14)20-2/h7-8,11-13,18H,4-6,9-10H2,1-3H3. The molecule has 1 N–H and O–H groups in total. The van der Waals surface area contributed by atoms with Gasteiger partial charge >= 0.3 is 5.97 Å². The molecule has 1 fully saturated rings. The van der Waals surface area contributed by atoms with Crippen LogP contribution in [0.3, 0.4) is 0 Å². The summed E-state index contributed by atoms with van der Waals surface area (Å²) in [4.78, 5) is 12.4. The molecule has 2 rings (SSSR count). The number of hydrogen-bond donors (Lipinski definition) is 1. The summed E-state index contributed by atoms with van der Waals surface area (Å²) in [5.41, 5.74) is -0.0616. The predicted molar refractivity (Wildman–Crippen MR) is 82.4 cm³/mol. The molecule has 0 amide bonds. The number of para-hydroxylation sites is 1. The molecule has 1 aromatic carbocycles. The summed E-state index contributed by atoms with van der Waals surface area (Å²) in [6.07, 6.45) is 5.90. The summed E-state index contributed by atoms with van der Waals surface area (Å²) in [5.74, 6) is 0.422. The monoisotopic (exact) mass is 291 g/mol. The molecule has 0 aromatic heterocycles. The quantitative estimate of drug-likeness (QED) is 0.847. The Kier molecular flexibility index (Phi) is 5.23. The first-order chi connectivity index (χ1) is 10.1. The molecule has 0 radical (unpaired) electrons. The van der Waals surface area contributed by atoms with Crippen molar-refractivity contribution in [1.29, 1.82) is 0 Å². The SMILES string of the molecule is COC(=O)C(C)(NC1CCCCC1)c1ccccc1OC. The molecule has 1 aromatic rings. The average Bonchev–Trinajstić information content (AvgIpc) is 2.54. The average molecular weight is 291 g/mol. The summed E-state index contributed by atoms with van der Waals surface area (Å²) in [6, 6.07) is 7.96. The summed E-state index contributed by atoms with van der Waals surface area (Å²) < 4.78 is 10.5. The van der Waals surface area contributed by atoms with E-state index in [0.717, 1.165) is 18.4 Å². The molecule has 4 nitrogen and oxygen atoms in total. The van der Waals surface area contributed by atoms with Gasteiger partial charge < -0.3 is 9.47 Å². The van der Waals surface area contributed by atoms with Crippen LogP contribution in [0.5, 0.6) is 5.75 Å². The van der Waals surface area contributed by atoms with Crippen molar-refractivity contribution < 1.29 is 14.3 Å². The second kappa shape index (κ2) is 6.94. The molecule has 0 aliphatic heterocycles. The van der Waals surface area contributed by atoms with E-state index in [4.69, 9.17) is 9.47 Å². The van der Waals surface area contributed by atoms with Crippen LogP contribution in [0.4, 0.5) is 0 Å². The van der Waals surface area contributed by atoms with Crippen LogP contribution < -0.4 is 10.1 Å². The van der Waals surface area contributed by atoms with E-state index in [1.807, 2.05) is 31.2 Å². The highest BCUT2D eigenvalue weighted by atomic mass is 16.5. The third-order valence-electron chi connectivity index (χ3n) is 4.34. The van der Waals surface area contributed by atoms with E-state index in [1.54, 1.807) is 7.11 Å². The first-order valence-electron chi connectivity index (χ1n) is 7.61. The lowest BCUT2D eigenvalue weighted by atomic mass is 9.87. The van der Waals surface area contributed by atoms with Gasteiger partial charge in [0.05, 0.1) is 14.2 Å². The first-order valence-corrected chi connectivity index (χ1v) is 7.61. The number of nitrogens with one attached hydrogen (secondary N) is 1. The van der Waals surface area contributed by atoms with Crippen LogP contribution in [-0.4, -0.2) is 26.2 Å². The number of esters is 1. The second-order valence-electron chi connectivity index (χ2n) is 5.80. The molecule has 1 unspecified atom stereocenters. The molecule has 0 heterocycles. The van der Waals surface area contributed by atoms with Crippen molar-refractivity contribution in [2.24, 2.45) is 0 Å². The van der Waals surface area contributed by atoms with E-state index < -0.39 is 5.54 Å². The van der Waals surface area contributed by atoms with Crippen LogP contribution >= 0.6 is 0 Å². The molecule has 1 aliphatic carbocycles. The molecule has 0 spiro atoms. The summed E-state index contributed by atoms with van der Waals surface area (Å²) in [7, 11) is 3.05. The van der Waals surface area contributed by atoms with Gasteiger partial charge in [-0.15, -0.1) is 0 Å². The molecular weight excluding hydrogens is 266 g/mol. The van der Waals surface area contributed by atoms with Gasteiger partial charge in [0.2, 0.25) is 0 Å². The number of benzene rings is 1. The highest BCUT2D eigenvalue weighted by molar-refractivity contribution is 5.83. The van der Waals surface area contributed by atoms with E-state index in [0.29, 0.717) is 11.8 Å². The van der Waals surface area contributed by atoms with Crippen LogP contribution in [-0.2, 0) is 15.1 Å². The second-order valence-corrected chi connectivity index (χ2v) is 5.80. The van der Waals surface area contributed by atoms with E-state index in [9.17, 15) is 4.79 Å². The highest BCUT2D eigenvalue weighted by Gasteiger charge is 2.40. The lowest BCUT2D eigenvalue weighted by Crippen LogP contribution is -2.52. The minimum atomic E-state index is -0.886. The Morgan fingerprint density at radius 3 is 2.48 bits per heavy atom. The largest absolute Gasteiger partial charge is 0.496 e. The molecule has 21 heavy (non-hydrogen) atoms. The zero-order chi connectivity index (χ0) is 15.3. The molecular formula is C17H25NO3. The minimum Gasteiger partial charge on any atom is -0.496 e. The van der Waals surface area contributed by atoms with Crippen LogP contribution in [0, 0.1) is 0 Å². The smallest absolute Gasteiger partial charge is 0.330 e. The van der Waals surface area contributed by atoms with Crippen molar-refractivity contribution in [1.82, 2.24) is 5.32 Å². The van der Waals surface area contributed by atoms with Crippen molar-refractivity contribution in [3.8, 4) is 5.75 Å². The molecule has 0 saturated heterocycles. The Hall–Kier alpha value is -1.55. The van der Waals surface area contributed by atoms with Gasteiger partial charge in [-0.3, -0.25) is 5.32 Å². The Balaban J connectivity index is 2.33. The van der Waals surface area contributed by atoms with Gasteiger partial charge in [0.15, 0.2) is 0 Å². The van der Waals surface area contributed by atoms with Crippen LogP contribution in [0.2, 0.25) is 0 Å². The summed E-state index contributed by atoms with van der Waals surface area (Å²) in [5, 5.41) is 3.52. The van der Waals surface area contributed by atoms with Crippen molar-refractivity contribution >= 4 is 5.97 Å². The third kappa shape index (κ3) is 3.38. The van der Waals surface area contributed by atoms with Crippen molar-refractivity contribution in [2.45, 2.75) is 50.6 Å². The van der Waals surface area contributed by atoms with Gasteiger partial charge in [-0.2, -0.15) is 0 Å². The Morgan fingerprint density at radius 2 is 1.86 bits per heavy atom. The predicted octanol–water partition coefficient (Wildman–Crippen LogP) is 3.01. The lowest BCUT2D eigenvalue weighted by molar-refractivity contribution is -0.149. The molecule has 1 saturated carbocycles. The minimum absolute atomic E-state index is 0.280. The van der Waals surface area contributed by atoms with Crippen molar-refractivity contribution in [3.63, 3.8) is 0 Å². The fourth-order valence-corrected chi connectivity index (χ4v) is 3.16. The number of ether oxygens (including phenoxy) is 2. The maximum Gasteiger partial charge on any atom is 0.330 e. The number of carbonyl (C=O) groups is 1. The number of hydrogen-bond acceptors (Lipinski definition) is 4. The number of methoxy groups -OCH3 is 2. The normalized spacial score (nSPS) is 18.8. The Morgan fingerprint density at radius 1 is 1.19 bits per heavy atom. The van der Waals surface area contributed by atoms with Crippen LogP contribution in [0.25, 0.3) is 0 Å². The Labute approximate surface area is 126 Å². The topological polar surface area (TPSA) is 47.6 Å². The summed E-state index contributed by atoms with van der Waals surface area (Å²) in [6.45, 7) is 1.88. The molecule has 4 heteroatoms. The zero-order valence-electron chi connectivity index (χ0n) is 13.1. The first kappa shape index (κ1) is 15.8. The summed E-state index contributed by atoms with van der Waals surface area (Å²) >= 11 is 0. The molecule has 0 bridgehead atoms. The van der Waals surface area contributed by atoms with Crippen molar-refractivity contribution in [2.75, 3.05) is 14.2 Å². The Bertz CT molecular complexity index is 483. The molecule has 1 atom stereocenters. The third-order valence-corrected chi connectivity index (χ3v) is 4.34. The zero-order valence-corrected chi connectivity index (χ0v) is 13.1. The fourth-order valence-electron chi connectivity index (χ4n) is 3.16. The van der Waals surface area contributed by atoms with Gasteiger partial charge in [-0.05, 0) is 25.8 Å². The van der Waals surface area contributed by atoms with E-state index in [1.165, 1.54) is 26.4 Å². The molecule has 1 aliphatic rings. The van der Waals surface area contributed by atoms with E-state index in [-0.39, 0.29) is 5.97 Å².